The van der Waals surface area contributed by atoms with Crippen LogP contribution in [0.5, 0.6) is 0 Å². The minimum absolute atomic E-state index is 0.0458. The van der Waals surface area contributed by atoms with E-state index in [9.17, 15) is 4.79 Å². The number of amides is 1. The maximum absolute atomic E-state index is 12.3. The lowest BCUT2D eigenvalue weighted by molar-refractivity contribution is 0.0952. The number of hydrogen-bond donors (Lipinski definition) is 1. The van der Waals surface area contributed by atoms with Gasteiger partial charge in [-0.1, -0.05) is 12.1 Å². The highest BCUT2D eigenvalue weighted by atomic mass is 16.1. The van der Waals surface area contributed by atoms with Gasteiger partial charge in [0.25, 0.3) is 5.91 Å². The summed E-state index contributed by atoms with van der Waals surface area (Å²) in [7, 11) is 0. The number of para-hydroxylation sites is 2. The number of nitrogens with zero attached hydrogens (tertiary/aromatic N) is 3. The third-order valence-corrected chi connectivity index (χ3v) is 4.42. The first-order valence-electron chi connectivity index (χ1n) is 8.76. The summed E-state index contributed by atoms with van der Waals surface area (Å²) in [5.74, 6) is -0.0458. The Morgan fingerprint density at radius 2 is 1.80 bits per heavy atom. The molecule has 5 nitrogen and oxygen atoms in total. The van der Waals surface area contributed by atoms with Crippen LogP contribution in [0.4, 0.5) is 5.69 Å². The van der Waals surface area contributed by atoms with Crippen molar-refractivity contribution < 1.29 is 4.79 Å². The lowest BCUT2D eigenvalue weighted by Gasteiger charge is -2.21. The van der Waals surface area contributed by atoms with Crippen LogP contribution in [0.3, 0.4) is 0 Å². The number of benzene rings is 2. The predicted octanol–water partition coefficient (Wildman–Crippen LogP) is 3.31. The Balaban J connectivity index is 1.57. The summed E-state index contributed by atoms with van der Waals surface area (Å²) in [4.78, 5) is 18.9. The van der Waals surface area contributed by atoms with Gasteiger partial charge in [-0.3, -0.25) is 4.79 Å². The molecule has 0 aliphatic heterocycles. The number of aromatic nitrogens is 2. The SMILES string of the molecule is CCN(CC)c1ccc(C(=O)NCCn2cnc3ccccc32)cc1. The highest BCUT2D eigenvalue weighted by Gasteiger charge is 2.07. The molecular formula is C20H24N4O. The summed E-state index contributed by atoms with van der Waals surface area (Å²) in [5.41, 5.74) is 3.89. The molecule has 5 heteroatoms. The largest absolute Gasteiger partial charge is 0.372 e. The molecule has 0 saturated heterocycles. The number of carbonyl (C=O) groups is 1. The molecule has 0 unspecified atom stereocenters. The molecule has 3 aromatic rings. The van der Waals surface area contributed by atoms with Crippen LogP contribution >= 0.6 is 0 Å². The minimum atomic E-state index is -0.0458. The normalized spacial score (nSPS) is 10.8. The zero-order chi connectivity index (χ0) is 17.6. The van der Waals surface area contributed by atoms with Gasteiger partial charge in [-0.2, -0.15) is 0 Å². The van der Waals surface area contributed by atoms with Crippen molar-refractivity contribution in [3.05, 3.63) is 60.4 Å². The molecule has 1 N–H and O–H groups in total. The van der Waals surface area contributed by atoms with E-state index >= 15 is 0 Å². The average Bonchev–Trinajstić information content (AvgIpc) is 3.06. The number of rotatable bonds is 7. The Morgan fingerprint density at radius 1 is 1.08 bits per heavy atom. The molecule has 0 fully saturated rings. The van der Waals surface area contributed by atoms with Crippen LogP contribution in [-0.2, 0) is 6.54 Å². The van der Waals surface area contributed by atoms with Gasteiger partial charge in [0.05, 0.1) is 17.4 Å². The van der Waals surface area contributed by atoms with E-state index in [2.05, 4.69) is 33.6 Å². The molecule has 0 aliphatic carbocycles. The monoisotopic (exact) mass is 336 g/mol. The molecule has 130 valence electrons. The molecule has 0 spiro atoms. The standard InChI is InChI=1S/C20H24N4O/c1-3-23(4-2)17-11-9-16(10-12-17)20(25)21-13-14-24-15-22-18-7-5-6-8-19(18)24/h5-12,15H,3-4,13-14H2,1-2H3,(H,21,25). The summed E-state index contributed by atoms with van der Waals surface area (Å²) in [6.45, 7) is 7.44. The van der Waals surface area contributed by atoms with Gasteiger partial charge in [0, 0.05) is 37.4 Å². The molecule has 2 aromatic carbocycles. The van der Waals surface area contributed by atoms with Crippen molar-refractivity contribution in [1.29, 1.82) is 0 Å². The molecular weight excluding hydrogens is 312 g/mol. The van der Waals surface area contributed by atoms with Gasteiger partial charge in [0.1, 0.15) is 0 Å². The molecule has 0 radical (unpaired) electrons. The van der Waals surface area contributed by atoms with Crippen molar-refractivity contribution in [3.63, 3.8) is 0 Å². The summed E-state index contributed by atoms with van der Waals surface area (Å²) in [6, 6.07) is 15.8. The van der Waals surface area contributed by atoms with Crippen LogP contribution in [0, 0.1) is 0 Å². The third-order valence-electron chi connectivity index (χ3n) is 4.42. The van der Waals surface area contributed by atoms with Crippen molar-refractivity contribution in [2.24, 2.45) is 0 Å². The van der Waals surface area contributed by atoms with Gasteiger partial charge >= 0.3 is 0 Å². The lowest BCUT2D eigenvalue weighted by Crippen LogP contribution is -2.27. The van der Waals surface area contributed by atoms with Crippen LogP contribution < -0.4 is 10.2 Å². The number of imidazole rings is 1. The minimum Gasteiger partial charge on any atom is -0.372 e. The van der Waals surface area contributed by atoms with E-state index in [1.807, 2.05) is 54.9 Å². The van der Waals surface area contributed by atoms with Crippen molar-refractivity contribution >= 4 is 22.6 Å². The third kappa shape index (κ3) is 3.82. The fourth-order valence-electron chi connectivity index (χ4n) is 2.99. The number of anilines is 1. The van der Waals surface area contributed by atoms with Crippen molar-refractivity contribution in [2.45, 2.75) is 20.4 Å². The molecule has 3 rings (SSSR count). The average molecular weight is 336 g/mol. The van der Waals surface area contributed by atoms with E-state index in [-0.39, 0.29) is 5.91 Å². The van der Waals surface area contributed by atoms with Crippen LogP contribution in [0.2, 0.25) is 0 Å². The Kier molecular flexibility index (Phi) is 5.33. The molecule has 0 bridgehead atoms. The Bertz CT molecular complexity index is 834. The van der Waals surface area contributed by atoms with Gasteiger partial charge in [-0.05, 0) is 50.2 Å². The maximum Gasteiger partial charge on any atom is 0.251 e. The second-order valence-corrected chi connectivity index (χ2v) is 5.90. The highest BCUT2D eigenvalue weighted by molar-refractivity contribution is 5.94. The molecule has 1 amide bonds. The first kappa shape index (κ1) is 17.0. The van der Waals surface area contributed by atoms with E-state index in [1.165, 1.54) is 0 Å². The van der Waals surface area contributed by atoms with E-state index in [4.69, 9.17) is 0 Å². The fourth-order valence-corrected chi connectivity index (χ4v) is 2.99. The molecule has 0 saturated carbocycles. The Labute approximate surface area is 148 Å². The van der Waals surface area contributed by atoms with Crippen LogP contribution in [0.25, 0.3) is 11.0 Å². The van der Waals surface area contributed by atoms with Crippen molar-refractivity contribution in [3.8, 4) is 0 Å². The second kappa shape index (κ2) is 7.83. The van der Waals surface area contributed by atoms with E-state index in [0.29, 0.717) is 18.7 Å². The number of hydrogen-bond acceptors (Lipinski definition) is 3. The Hall–Kier alpha value is -2.82. The second-order valence-electron chi connectivity index (χ2n) is 5.90. The molecule has 1 heterocycles. The quantitative estimate of drug-likeness (QED) is 0.720. The molecule has 1 aromatic heterocycles. The smallest absolute Gasteiger partial charge is 0.251 e. The predicted molar refractivity (Wildman–Crippen MR) is 102 cm³/mol. The van der Waals surface area contributed by atoms with Gasteiger partial charge in [0.2, 0.25) is 0 Å². The highest BCUT2D eigenvalue weighted by Crippen LogP contribution is 2.15. The van der Waals surface area contributed by atoms with E-state index in [0.717, 1.165) is 29.8 Å². The molecule has 0 aliphatic rings. The molecule has 25 heavy (non-hydrogen) atoms. The topological polar surface area (TPSA) is 50.2 Å². The zero-order valence-electron chi connectivity index (χ0n) is 14.8. The van der Waals surface area contributed by atoms with Crippen LogP contribution in [0.1, 0.15) is 24.2 Å². The first-order chi connectivity index (χ1) is 12.2. The van der Waals surface area contributed by atoms with Gasteiger partial charge < -0.3 is 14.8 Å². The van der Waals surface area contributed by atoms with Crippen molar-refractivity contribution in [2.75, 3.05) is 24.5 Å². The molecule has 0 atom stereocenters. The van der Waals surface area contributed by atoms with Gasteiger partial charge in [-0.25, -0.2) is 4.98 Å². The van der Waals surface area contributed by atoms with Crippen LogP contribution in [0.15, 0.2) is 54.9 Å². The maximum atomic E-state index is 12.3. The Morgan fingerprint density at radius 3 is 2.52 bits per heavy atom. The fraction of sp³-hybridized carbons (Fsp3) is 0.300. The first-order valence-corrected chi connectivity index (χ1v) is 8.76. The van der Waals surface area contributed by atoms with E-state index in [1.54, 1.807) is 0 Å². The van der Waals surface area contributed by atoms with Gasteiger partial charge in [0.15, 0.2) is 0 Å². The van der Waals surface area contributed by atoms with Crippen LogP contribution in [-0.4, -0.2) is 35.1 Å². The number of carbonyl (C=O) groups excluding carboxylic acids is 1. The summed E-state index contributed by atoms with van der Waals surface area (Å²) in [6.07, 6.45) is 1.82. The zero-order valence-corrected chi connectivity index (χ0v) is 14.8. The number of nitrogens with one attached hydrogen (secondary N) is 1. The lowest BCUT2D eigenvalue weighted by atomic mass is 10.2. The van der Waals surface area contributed by atoms with Gasteiger partial charge in [-0.15, -0.1) is 0 Å². The van der Waals surface area contributed by atoms with Crippen molar-refractivity contribution in [1.82, 2.24) is 14.9 Å². The summed E-state index contributed by atoms with van der Waals surface area (Å²) in [5, 5.41) is 2.98. The van der Waals surface area contributed by atoms with E-state index < -0.39 is 0 Å². The summed E-state index contributed by atoms with van der Waals surface area (Å²) < 4.78 is 2.05. The number of fused-ring (bicyclic) bond motifs is 1. The summed E-state index contributed by atoms with van der Waals surface area (Å²) >= 11 is 0.